The van der Waals surface area contributed by atoms with E-state index in [-0.39, 0.29) is 16.9 Å². The SMILES string of the molecule is BN=Nc1c(C(=O)O)cc(O)c(/N=N\B)c1O. The molecule has 8 nitrogen and oxygen atoms in total. The number of hydrogen-bond acceptors (Lipinski definition) is 7. The summed E-state index contributed by atoms with van der Waals surface area (Å²) in [7, 11) is 2.66. The van der Waals surface area contributed by atoms with E-state index in [1.165, 1.54) is 16.0 Å². The van der Waals surface area contributed by atoms with Crippen molar-refractivity contribution in [1.82, 2.24) is 0 Å². The predicted octanol–water partition coefficient (Wildman–Crippen LogP) is 0.0596. The summed E-state index contributed by atoms with van der Waals surface area (Å²) < 4.78 is 0. The largest absolute Gasteiger partial charge is 0.505 e. The molecule has 0 amide bonds. The van der Waals surface area contributed by atoms with Crippen LogP contribution in [0.5, 0.6) is 11.5 Å². The quantitative estimate of drug-likeness (QED) is 0.504. The lowest BCUT2D eigenvalue weighted by Gasteiger charge is -2.07. The van der Waals surface area contributed by atoms with Gasteiger partial charge in [0.2, 0.25) is 0 Å². The fourth-order valence-electron chi connectivity index (χ4n) is 1.20. The number of carboxylic acid groups (broad SMARTS) is 1. The van der Waals surface area contributed by atoms with Gasteiger partial charge >= 0.3 is 5.97 Å². The minimum Gasteiger partial charge on any atom is -0.505 e. The highest BCUT2D eigenvalue weighted by Gasteiger charge is 2.21. The summed E-state index contributed by atoms with van der Waals surface area (Å²) in [6.07, 6.45) is 0. The number of rotatable bonds is 3. The molecular formula is C7H8B2N4O4. The van der Waals surface area contributed by atoms with Crippen molar-refractivity contribution >= 4 is 33.3 Å². The Morgan fingerprint density at radius 3 is 2.12 bits per heavy atom. The van der Waals surface area contributed by atoms with Crippen molar-refractivity contribution < 1.29 is 20.1 Å². The van der Waals surface area contributed by atoms with Crippen LogP contribution in [0.4, 0.5) is 11.4 Å². The highest BCUT2D eigenvalue weighted by Crippen LogP contribution is 2.45. The van der Waals surface area contributed by atoms with E-state index < -0.39 is 17.5 Å². The molecular weight excluding hydrogens is 226 g/mol. The predicted molar refractivity (Wildman–Crippen MR) is 62.9 cm³/mol. The van der Waals surface area contributed by atoms with E-state index in [9.17, 15) is 15.0 Å². The summed E-state index contributed by atoms with van der Waals surface area (Å²) in [6.45, 7) is 0. The molecule has 0 aliphatic carbocycles. The summed E-state index contributed by atoms with van der Waals surface area (Å²) in [5, 5.41) is 41.9. The molecule has 1 aromatic rings. The van der Waals surface area contributed by atoms with E-state index >= 15 is 0 Å². The van der Waals surface area contributed by atoms with Crippen molar-refractivity contribution in [2.45, 2.75) is 0 Å². The van der Waals surface area contributed by atoms with Crippen LogP contribution in [0.3, 0.4) is 0 Å². The second-order valence-corrected chi connectivity index (χ2v) is 2.89. The summed E-state index contributed by atoms with van der Waals surface area (Å²) in [6, 6.07) is 0.927. The number of aromatic carboxylic acids is 1. The first-order chi connectivity index (χ1) is 8.02. The fraction of sp³-hybridized carbons (Fsp3) is 0. The maximum atomic E-state index is 10.9. The fourth-order valence-corrected chi connectivity index (χ4v) is 1.20. The summed E-state index contributed by atoms with van der Waals surface area (Å²) in [5.74, 6) is -2.43. The average Bonchev–Trinajstić information content (AvgIpc) is 2.27. The third kappa shape index (κ3) is 2.41. The topological polar surface area (TPSA) is 127 Å². The van der Waals surface area contributed by atoms with E-state index in [0.717, 1.165) is 6.07 Å². The molecule has 0 atom stereocenters. The number of carboxylic acids is 1. The third-order valence-electron chi connectivity index (χ3n) is 1.86. The van der Waals surface area contributed by atoms with Crippen molar-refractivity contribution in [1.29, 1.82) is 0 Å². The van der Waals surface area contributed by atoms with Gasteiger partial charge in [0.1, 0.15) is 11.4 Å². The monoisotopic (exact) mass is 234 g/mol. The van der Waals surface area contributed by atoms with Gasteiger partial charge in [0.25, 0.3) is 16.0 Å². The van der Waals surface area contributed by atoms with Crippen molar-refractivity contribution in [2.24, 2.45) is 20.3 Å². The molecule has 0 unspecified atom stereocenters. The molecule has 0 bridgehead atoms. The van der Waals surface area contributed by atoms with Crippen LogP contribution >= 0.6 is 0 Å². The molecule has 0 saturated carbocycles. The van der Waals surface area contributed by atoms with Crippen LogP contribution in [-0.4, -0.2) is 37.3 Å². The minimum absolute atomic E-state index is 0.250. The normalized spacial score (nSPS) is 11.3. The molecule has 3 N–H and O–H groups in total. The van der Waals surface area contributed by atoms with Gasteiger partial charge in [0.15, 0.2) is 11.4 Å². The summed E-state index contributed by atoms with van der Waals surface area (Å²) in [5.41, 5.74) is -0.902. The van der Waals surface area contributed by atoms with Crippen LogP contribution < -0.4 is 0 Å². The maximum Gasteiger partial charge on any atom is 0.338 e. The first-order valence-electron chi connectivity index (χ1n) is 4.44. The molecule has 86 valence electrons. The number of nitrogens with zero attached hydrogens (tertiary/aromatic N) is 4. The van der Waals surface area contributed by atoms with Crippen molar-refractivity contribution in [2.75, 3.05) is 0 Å². The van der Waals surface area contributed by atoms with Gasteiger partial charge in [-0.05, 0) is 6.07 Å². The molecule has 0 saturated heterocycles. The first kappa shape index (κ1) is 12.7. The molecule has 0 fully saturated rings. The molecule has 1 rings (SSSR count). The van der Waals surface area contributed by atoms with Gasteiger partial charge in [-0.1, -0.05) is 0 Å². The van der Waals surface area contributed by atoms with Crippen molar-refractivity contribution in [3.8, 4) is 11.5 Å². The molecule has 1 aromatic carbocycles. The molecule has 0 heterocycles. The molecule has 0 radical (unpaired) electrons. The van der Waals surface area contributed by atoms with E-state index in [4.69, 9.17) is 5.11 Å². The number of phenols is 2. The first-order valence-corrected chi connectivity index (χ1v) is 4.44. The Morgan fingerprint density at radius 2 is 1.65 bits per heavy atom. The van der Waals surface area contributed by atoms with Gasteiger partial charge < -0.3 is 15.3 Å². The highest BCUT2D eigenvalue weighted by atomic mass is 16.4. The number of benzene rings is 1. The van der Waals surface area contributed by atoms with Crippen LogP contribution in [0.2, 0.25) is 0 Å². The van der Waals surface area contributed by atoms with Crippen LogP contribution in [0.25, 0.3) is 0 Å². The van der Waals surface area contributed by atoms with Crippen molar-refractivity contribution in [3.63, 3.8) is 0 Å². The number of phenolic OH excluding ortho intramolecular Hbond substituents is 2. The number of carbonyl (C=O) groups is 1. The van der Waals surface area contributed by atoms with Gasteiger partial charge in [0, 0.05) is 0 Å². The van der Waals surface area contributed by atoms with Gasteiger partial charge in [0.05, 0.1) is 5.56 Å². The zero-order valence-corrected chi connectivity index (χ0v) is 9.12. The van der Waals surface area contributed by atoms with E-state index in [1.54, 1.807) is 0 Å². The lowest BCUT2D eigenvalue weighted by atomic mass is 10.1. The van der Waals surface area contributed by atoms with E-state index in [1.807, 2.05) is 0 Å². The Kier molecular flexibility index (Phi) is 3.81. The second kappa shape index (κ2) is 5.10. The van der Waals surface area contributed by atoms with Crippen LogP contribution in [-0.2, 0) is 0 Å². The third-order valence-corrected chi connectivity index (χ3v) is 1.86. The van der Waals surface area contributed by atoms with E-state index in [2.05, 4.69) is 20.3 Å². The molecule has 10 heteroatoms. The molecule has 0 aliphatic rings. The molecule has 0 aliphatic heterocycles. The highest BCUT2D eigenvalue weighted by molar-refractivity contribution is 6.05. The molecule has 17 heavy (non-hydrogen) atoms. The second-order valence-electron chi connectivity index (χ2n) is 2.89. The van der Waals surface area contributed by atoms with Crippen LogP contribution in [0.1, 0.15) is 10.4 Å². The van der Waals surface area contributed by atoms with Crippen molar-refractivity contribution in [3.05, 3.63) is 11.6 Å². The average molecular weight is 234 g/mol. The Labute approximate surface area is 97.6 Å². The minimum atomic E-state index is -1.35. The molecule has 0 aromatic heterocycles. The maximum absolute atomic E-state index is 10.9. The Hall–Kier alpha value is -2.38. The lowest BCUT2D eigenvalue weighted by Crippen LogP contribution is -1.96. The van der Waals surface area contributed by atoms with Gasteiger partial charge in [-0.15, -0.1) is 0 Å². The van der Waals surface area contributed by atoms with Crippen LogP contribution in [0.15, 0.2) is 26.3 Å². The van der Waals surface area contributed by atoms with Gasteiger partial charge in [-0.3, -0.25) is 10.1 Å². The standard InChI is InChI=1S/C7H8B2N4O4/c8-12-10-4-2(7(16)17)1-3(14)5(6(4)15)11-13-9/h1,14-15H,8-9H2,(H,16,17)/b12-10?,13-11-. The number of aromatic hydroxyl groups is 2. The van der Waals surface area contributed by atoms with Gasteiger partial charge in [-0.25, -0.2) is 4.79 Å². The number of hydrogen-bond donors (Lipinski definition) is 3. The summed E-state index contributed by atoms with van der Waals surface area (Å²) >= 11 is 0. The molecule has 0 spiro atoms. The summed E-state index contributed by atoms with van der Waals surface area (Å²) in [4.78, 5) is 10.9. The zero-order chi connectivity index (χ0) is 13.0. The zero-order valence-electron chi connectivity index (χ0n) is 9.12. The Bertz CT molecular complexity index is 517. The van der Waals surface area contributed by atoms with Crippen LogP contribution in [0, 0.1) is 0 Å². The van der Waals surface area contributed by atoms with Gasteiger partial charge in [-0.2, -0.15) is 10.2 Å². The Balaban J connectivity index is 3.63. The lowest BCUT2D eigenvalue weighted by molar-refractivity contribution is 0.0697. The Morgan fingerprint density at radius 1 is 1.12 bits per heavy atom. The van der Waals surface area contributed by atoms with E-state index in [0.29, 0.717) is 0 Å². The smallest absolute Gasteiger partial charge is 0.338 e.